The van der Waals surface area contributed by atoms with Crippen LogP contribution in [0.25, 0.3) is 16.5 Å². The van der Waals surface area contributed by atoms with Crippen LogP contribution in [0.2, 0.25) is 0 Å². The standard InChI is InChI=1S/C23H24N2OS/c1-14(2)12-20-23-19(15(3)25(4)24-20)13-21(27-23)22(26)18-11-7-9-16-8-5-6-10-17(16)18/h5-11,13-14,22,26H,3,12H2,1-2,4H3. The van der Waals surface area contributed by atoms with E-state index < -0.39 is 6.10 Å². The Kier molecular flexibility index (Phi) is 4.62. The number of hydrazone groups is 1. The van der Waals surface area contributed by atoms with Crippen molar-refractivity contribution in [3.05, 3.63) is 76.0 Å². The molecule has 0 radical (unpaired) electrons. The zero-order valence-corrected chi connectivity index (χ0v) is 16.8. The third kappa shape index (κ3) is 3.20. The van der Waals surface area contributed by atoms with E-state index in [4.69, 9.17) is 5.10 Å². The average Bonchev–Trinajstić information content (AvgIpc) is 3.10. The molecule has 1 unspecified atom stereocenters. The van der Waals surface area contributed by atoms with E-state index in [1.807, 2.05) is 36.3 Å². The second kappa shape index (κ2) is 6.95. The van der Waals surface area contributed by atoms with Gasteiger partial charge in [-0.1, -0.05) is 62.9 Å². The number of aliphatic hydroxyl groups is 1. The van der Waals surface area contributed by atoms with E-state index in [-0.39, 0.29) is 0 Å². The summed E-state index contributed by atoms with van der Waals surface area (Å²) in [5.41, 5.74) is 3.98. The molecule has 4 rings (SSSR count). The summed E-state index contributed by atoms with van der Waals surface area (Å²) < 4.78 is 0. The SMILES string of the molecule is C=C1c2cc(C(O)c3cccc4ccccc34)sc2C(CC(C)C)=NN1C. The van der Waals surface area contributed by atoms with Crippen molar-refractivity contribution in [3.8, 4) is 0 Å². The highest BCUT2D eigenvalue weighted by Gasteiger charge is 2.27. The van der Waals surface area contributed by atoms with Crippen LogP contribution in [0.3, 0.4) is 0 Å². The lowest BCUT2D eigenvalue weighted by Gasteiger charge is -2.24. The predicted molar refractivity (Wildman–Crippen MR) is 115 cm³/mol. The highest BCUT2D eigenvalue weighted by Crippen LogP contribution is 2.40. The lowest BCUT2D eigenvalue weighted by molar-refractivity contribution is 0.225. The summed E-state index contributed by atoms with van der Waals surface area (Å²) in [5, 5.41) is 20.0. The molecule has 0 saturated carbocycles. The minimum absolute atomic E-state index is 0.518. The lowest BCUT2D eigenvalue weighted by Crippen LogP contribution is -2.20. The Balaban J connectivity index is 1.79. The molecule has 4 heteroatoms. The Hall–Kier alpha value is -2.43. The minimum Gasteiger partial charge on any atom is -0.383 e. The van der Waals surface area contributed by atoms with Crippen LogP contribution in [-0.4, -0.2) is 22.9 Å². The topological polar surface area (TPSA) is 35.8 Å². The van der Waals surface area contributed by atoms with Gasteiger partial charge in [0.25, 0.3) is 0 Å². The average molecular weight is 377 g/mol. The van der Waals surface area contributed by atoms with Crippen LogP contribution in [0.4, 0.5) is 0 Å². The lowest BCUT2D eigenvalue weighted by atomic mass is 9.98. The third-order valence-corrected chi connectivity index (χ3v) is 6.21. The third-order valence-electron chi connectivity index (χ3n) is 4.97. The molecule has 3 aromatic rings. The first-order valence-corrected chi connectivity index (χ1v) is 10.1. The Bertz CT molecular complexity index is 1040. The zero-order chi connectivity index (χ0) is 19.1. The van der Waals surface area contributed by atoms with E-state index in [9.17, 15) is 5.11 Å². The van der Waals surface area contributed by atoms with Gasteiger partial charge in [0.1, 0.15) is 6.10 Å². The second-order valence-corrected chi connectivity index (χ2v) is 8.56. The predicted octanol–water partition coefficient (Wildman–Crippen LogP) is 5.65. The Morgan fingerprint density at radius 2 is 1.89 bits per heavy atom. The molecule has 2 heterocycles. The van der Waals surface area contributed by atoms with E-state index in [1.54, 1.807) is 11.3 Å². The Morgan fingerprint density at radius 1 is 1.15 bits per heavy atom. The van der Waals surface area contributed by atoms with Crippen molar-refractivity contribution >= 4 is 33.5 Å². The number of nitrogens with zero attached hydrogens (tertiary/aromatic N) is 2. The van der Waals surface area contributed by atoms with Gasteiger partial charge in [0.2, 0.25) is 0 Å². The fourth-order valence-electron chi connectivity index (χ4n) is 3.60. The van der Waals surface area contributed by atoms with Gasteiger partial charge in [0, 0.05) is 17.5 Å². The number of hydrogen-bond acceptors (Lipinski definition) is 4. The molecule has 1 N–H and O–H groups in total. The van der Waals surface area contributed by atoms with Gasteiger partial charge in [-0.05, 0) is 34.7 Å². The number of hydrogen-bond donors (Lipinski definition) is 1. The summed E-state index contributed by atoms with van der Waals surface area (Å²) in [5.74, 6) is 0.518. The highest BCUT2D eigenvalue weighted by atomic mass is 32.1. The largest absolute Gasteiger partial charge is 0.383 e. The molecule has 1 atom stereocenters. The maximum absolute atomic E-state index is 11.2. The van der Waals surface area contributed by atoms with Gasteiger partial charge in [0.05, 0.1) is 16.3 Å². The molecular formula is C23H24N2OS. The summed E-state index contributed by atoms with van der Waals surface area (Å²) in [6.07, 6.45) is 0.250. The van der Waals surface area contributed by atoms with Crippen molar-refractivity contribution in [2.75, 3.05) is 7.05 Å². The summed E-state index contributed by atoms with van der Waals surface area (Å²) in [7, 11) is 1.93. The first-order chi connectivity index (χ1) is 13.0. The molecule has 0 spiro atoms. The van der Waals surface area contributed by atoms with Crippen LogP contribution < -0.4 is 0 Å². The van der Waals surface area contributed by atoms with Crippen molar-refractivity contribution in [3.63, 3.8) is 0 Å². The van der Waals surface area contributed by atoms with Crippen LogP contribution in [0.1, 0.15) is 47.3 Å². The smallest absolute Gasteiger partial charge is 0.114 e. The summed E-state index contributed by atoms with van der Waals surface area (Å²) in [4.78, 5) is 2.07. The van der Waals surface area contributed by atoms with E-state index >= 15 is 0 Å². The van der Waals surface area contributed by atoms with Crippen molar-refractivity contribution in [1.29, 1.82) is 0 Å². The van der Waals surface area contributed by atoms with Gasteiger partial charge in [-0.2, -0.15) is 5.10 Å². The summed E-state index contributed by atoms with van der Waals surface area (Å²) in [6, 6.07) is 16.4. The molecule has 1 aromatic heterocycles. The highest BCUT2D eigenvalue weighted by molar-refractivity contribution is 7.14. The molecule has 2 aromatic carbocycles. The summed E-state index contributed by atoms with van der Waals surface area (Å²) in [6.45, 7) is 8.59. The van der Waals surface area contributed by atoms with E-state index in [2.05, 4.69) is 44.7 Å². The van der Waals surface area contributed by atoms with Gasteiger partial charge in [0.15, 0.2) is 0 Å². The van der Waals surface area contributed by atoms with Gasteiger partial charge in [-0.25, -0.2) is 0 Å². The van der Waals surface area contributed by atoms with Crippen LogP contribution >= 0.6 is 11.3 Å². The first-order valence-electron chi connectivity index (χ1n) is 9.26. The van der Waals surface area contributed by atoms with Crippen molar-refractivity contribution in [1.82, 2.24) is 5.01 Å². The summed E-state index contributed by atoms with van der Waals surface area (Å²) >= 11 is 1.63. The maximum Gasteiger partial charge on any atom is 0.114 e. The van der Waals surface area contributed by atoms with E-state index in [0.717, 1.165) is 49.5 Å². The first kappa shape index (κ1) is 18.0. The zero-order valence-electron chi connectivity index (χ0n) is 15.9. The number of fused-ring (bicyclic) bond motifs is 2. The van der Waals surface area contributed by atoms with E-state index in [0.29, 0.717) is 5.92 Å². The van der Waals surface area contributed by atoms with Crippen molar-refractivity contribution in [2.45, 2.75) is 26.4 Å². The van der Waals surface area contributed by atoms with Gasteiger partial charge < -0.3 is 5.11 Å². The minimum atomic E-state index is -0.662. The van der Waals surface area contributed by atoms with Crippen LogP contribution in [0, 0.1) is 5.92 Å². The molecule has 0 aliphatic carbocycles. The van der Waals surface area contributed by atoms with Crippen molar-refractivity contribution in [2.24, 2.45) is 11.0 Å². The fraction of sp³-hybridized carbons (Fsp3) is 0.261. The Morgan fingerprint density at radius 3 is 2.67 bits per heavy atom. The number of benzene rings is 2. The quantitative estimate of drug-likeness (QED) is 0.639. The van der Waals surface area contributed by atoms with Crippen LogP contribution in [0.15, 0.2) is 60.2 Å². The van der Waals surface area contributed by atoms with Crippen molar-refractivity contribution < 1.29 is 5.11 Å². The number of aliphatic hydroxyl groups excluding tert-OH is 1. The molecule has 3 nitrogen and oxygen atoms in total. The molecule has 1 aliphatic heterocycles. The normalized spacial score (nSPS) is 15.2. The molecule has 1 aliphatic rings. The fourth-order valence-corrected chi connectivity index (χ4v) is 4.78. The maximum atomic E-state index is 11.2. The monoisotopic (exact) mass is 376 g/mol. The second-order valence-electron chi connectivity index (χ2n) is 7.48. The number of rotatable bonds is 4. The molecular weight excluding hydrogens is 352 g/mol. The van der Waals surface area contributed by atoms with Gasteiger partial charge in [-0.15, -0.1) is 11.3 Å². The van der Waals surface area contributed by atoms with Crippen LogP contribution in [0.5, 0.6) is 0 Å². The molecule has 138 valence electrons. The molecule has 0 saturated heterocycles. The molecule has 0 fully saturated rings. The van der Waals surface area contributed by atoms with Gasteiger partial charge >= 0.3 is 0 Å². The molecule has 0 bridgehead atoms. The molecule has 0 amide bonds. The Labute approximate surface area is 164 Å². The number of thiophene rings is 1. The van der Waals surface area contributed by atoms with Gasteiger partial charge in [-0.3, -0.25) is 5.01 Å². The van der Waals surface area contributed by atoms with E-state index in [1.165, 1.54) is 0 Å². The van der Waals surface area contributed by atoms with Crippen LogP contribution in [-0.2, 0) is 0 Å². The molecule has 27 heavy (non-hydrogen) atoms.